The highest BCUT2D eigenvalue weighted by Crippen LogP contribution is 2.29. The Balaban J connectivity index is 1.69. The molecule has 7 nitrogen and oxygen atoms in total. The summed E-state index contributed by atoms with van der Waals surface area (Å²) in [5.41, 5.74) is 1.33. The van der Waals surface area contributed by atoms with Crippen molar-refractivity contribution in [3.05, 3.63) is 51.6 Å². The molecule has 1 atom stereocenters. The average molecular weight is 405 g/mol. The summed E-state index contributed by atoms with van der Waals surface area (Å²) in [5, 5.41) is 15.6. The number of fused-ring (bicyclic) bond motifs is 1. The lowest BCUT2D eigenvalue weighted by Crippen LogP contribution is -2.38. The van der Waals surface area contributed by atoms with Crippen LogP contribution in [0.5, 0.6) is 0 Å². The summed E-state index contributed by atoms with van der Waals surface area (Å²) in [6, 6.07) is 7.96. The maximum Gasteiger partial charge on any atom is 0.325 e. The van der Waals surface area contributed by atoms with Crippen LogP contribution in [0.4, 0.5) is 5.82 Å². The second-order valence-electron chi connectivity index (χ2n) is 6.00. The fourth-order valence-corrected chi connectivity index (χ4v) is 3.55. The molecular formula is C18H17ClN4O3S. The van der Waals surface area contributed by atoms with Crippen molar-refractivity contribution in [2.45, 2.75) is 26.4 Å². The Hall–Kier alpha value is -2.71. The zero-order chi connectivity index (χ0) is 19.6. The van der Waals surface area contributed by atoms with Crippen molar-refractivity contribution in [1.82, 2.24) is 15.3 Å². The number of nitrogens with one attached hydrogen (secondary N) is 2. The van der Waals surface area contributed by atoms with E-state index in [0.29, 0.717) is 17.9 Å². The van der Waals surface area contributed by atoms with E-state index < -0.39 is 17.9 Å². The molecule has 0 spiro atoms. The first-order chi connectivity index (χ1) is 12.8. The smallest absolute Gasteiger partial charge is 0.325 e. The van der Waals surface area contributed by atoms with E-state index in [9.17, 15) is 9.59 Å². The molecule has 1 amide bonds. The van der Waals surface area contributed by atoms with Gasteiger partial charge >= 0.3 is 5.97 Å². The SMILES string of the molecule is Cc1cc2c(NCc3ccc(C(=O)NC(C)C(=O)O)cc3)nc(Cl)nc2s1. The molecule has 0 aliphatic rings. The number of nitrogens with zero attached hydrogens (tertiary/aromatic N) is 2. The van der Waals surface area contributed by atoms with Crippen molar-refractivity contribution >= 4 is 50.8 Å². The van der Waals surface area contributed by atoms with Gasteiger partial charge in [-0.15, -0.1) is 11.3 Å². The van der Waals surface area contributed by atoms with E-state index in [1.807, 2.05) is 13.0 Å². The van der Waals surface area contributed by atoms with E-state index in [-0.39, 0.29) is 5.28 Å². The third-order valence-corrected chi connectivity index (χ3v) is 5.00. The van der Waals surface area contributed by atoms with Crippen LogP contribution in [0, 0.1) is 6.92 Å². The molecule has 2 heterocycles. The molecule has 0 fully saturated rings. The minimum Gasteiger partial charge on any atom is -0.480 e. The largest absolute Gasteiger partial charge is 0.480 e. The van der Waals surface area contributed by atoms with Gasteiger partial charge in [0.05, 0.1) is 5.39 Å². The minimum absolute atomic E-state index is 0.186. The molecule has 0 saturated heterocycles. The van der Waals surface area contributed by atoms with E-state index in [2.05, 4.69) is 20.6 Å². The molecule has 0 aliphatic heterocycles. The topological polar surface area (TPSA) is 104 Å². The number of benzene rings is 1. The van der Waals surface area contributed by atoms with Crippen molar-refractivity contribution in [2.24, 2.45) is 0 Å². The van der Waals surface area contributed by atoms with Gasteiger partial charge in [0.15, 0.2) is 0 Å². The average Bonchev–Trinajstić information content (AvgIpc) is 2.99. The Bertz CT molecular complexity index is 1000. The van der Waals surface area contributed by atoms with E-state index in [1.165, 1.54) is 6.92 Å². The first kappa shape index (κ1) is 19.1. The van der Waals surface area contributed by atoms with E-state index >= 15 is 0 Å². The van der Waals surface area contributed by atoms with Crippen LogP contribution in [0.25, 0.3) is 10.2 Å². The highest BCUT2D eigenvalue weighted by molar-refractivity contribution is 7.18. The molecule has 0 aliphatic carbocycles. The molecule has 1 unspecified atom stereocenters. The molecular weight excluding hydrogens is 388 g/mol. The van der Waals surface area contributed by atoms with E-state index in [1.54, 1.807) is 35.6 Å². The lowest BCUT2D eigenvalue weighted by Gasteiger charge is -2.10. The van der Waals surface area contributed by atoms with Gasteiger partial charge in [0.1, 0.15) is 16.7 Å². The second-order valence-corrected chi connectivity index (χ2v) is 7.57. The molecule has 3 N–H and O–H groups in total. The second kappa shape index (κ2) is 7.89. The Morgan fingerprint density at radius 2 is 1.96 bits per heavy atom. The number of halogens is 1. The first-order valence-electron chi connectivity index (χ1n) is 8.13. The van der Waals surface area contributed by atoms with Crippen LogP contribution in [0.2, 0.25) is 5.28 Å². The van der Waals surface area contributed by atoms with E-state index in [0.717, 1.165) is 20.7 Å². The van der Waals surface area contributed by atoms with Gasteiger partial charge < -0.3 is 15.7 Å². The van der Waals surface area contributed by atoms with Gasteiger partial charge in [-0.25, -0.2) is 9.97 Å². The fraction of sp³-hybridized carbons (Fsp3) is 0.222. The number of thiophene rings is 1. The molecule has 1 aromatic carbocycles. The maximum absolute atomic E-state index is 12.0. The number of hydrogen-bond donors (Lipinski definition) is 3. The summed E-state index contributed by atoms with van der Waals surface area (Å²) in [6.07, 6.45) is 0. The van der Waals surface area contributed by atoms with Gasteiger partial charge in [-0.3, -0.25) is 9.59 Å². The molecule has 0 bridgehead atoms. The number of aryl methyl sites for hydroxylation is 1. The number of carbonyl (C=O) groups excluding carboxylic acids is 1. The summed E-state index contributed by atoms with van der Waals surface area (Å²) in [5.74, 6) is -0.850. The zero-order valence-electron chi connectivity index (χ0n) is 14.6. The van der Waals surface area contributed by atoms with Crippen LogP contribution in [0.1, 0.15) is 27.7 Å². The lowest BCUT2D eigenvalue weighted by atomic mass is 10.1. The predicted molar refractivity (Wildman–Crippen MR) is 105 cm³/mol. The monoisotopic (exact) mass is 404 g/mol. The number of carboxylic acids is 1. The summed E-state index contributed by atoms with van der Waals surface area (Å²) in [7, 11) is 0. The summed E-state index contributed by atoms with van der Waals surface area (Å²) in [6.45, 7) is 3.90. The number of aromatic nitrogens is 2. The molecule has 140 valence electrons. The zero-order valence-corrected chi connectivity index (χ0v) is 16.2. The van der Waals surface area contributed by atoms with Crippen molar-refractivity contribution in [3.8, 4) is 0 Å². The van der Waals surface area contributed by atoms with Crippen molar-refractivity contribution in [3.63, 3.8) is 0 Å². The van der Waals surface area contributed by atoms with Gasteiger partial charge in [0.2, 0.25) is 5.28 Å². The van der Waals surface area contributed by atoms with Crippen molar-refractivity contribution in [2.75, 3.05) is 5.32 Å². The number of anilines is 1. The maximum atomic E-state index is 12.0. The normalized spacial score (nSPS) is 12.0. The van der Waals surface area contributed by atoms with Gasteiger partial charge in [0.25, 0.3) is 5.91 Å². The molecule has 9 heteroatoms. The fourth-order valence-electron chi connectivity index (χ4n) is 2.45. The van der Waals surface area contributed by atoms with E-state index in [4.69, 9.17) is 16.7 Å². The van der Waals surface area contributed by atoms with Crippen LogP contribution in [0.3, 0.4) is 0 Å². The lowest BCUT2D eigenvalue weighted by molar-refractivity contribution is -0.138. The van der Waals surface area contributed by atoms with Crippen molar-refractivity contribution < 1.29 is 14.7 Å². The molecule has 2 aromatic heterocycles. The van der Waals surface area contributed by atoms with Gasteiger partial charge in [-0.1, -0.05) is 12.1 Å². The quantitative estimate of drug-likeness (QED) is 0.543. The third-order valence-electron chi connectivity index (χ3n) is 3.88. The Kier molecular flexibility index (Phi) is 5.57. The third kappa shape index (κ3) is 4.53. The van der Waals surface area contributed by atoms with Crippen molar-refractivity contribution in [1.29, 1.82) is 0 Å². The predicted octanol–water partition coefficient (Wildman–Crippen LogP) is 3.47. The van der Waals surface area contributed by atoms with Gasteiger partial charge in [0, 0.05) is 17.0 Å². The number of carbonyl (C=O) groups is 2. The Morgan fingerprint density at radius 3 is 2.63 bits per heavy atom. The Labute approximate surface area is 164 Å². The first-order valence-corrected chi connectivity index (χ1v) is 9.33. The molecule has 3 rings (SSSR count). The number of carboxylic acid groups (broad SMARTS) is 1. The number of hydrogen-bond acceptors (Lipinski definition) is 6. The number of aliphatic carboxylic acids is 1. The highest BCUT2D eigenvalue weighted by atomic mass is 35.5. The molecule has 0 radical (unpaired) electrons. The summed E-state index contributed by atoms with van der Waals surface area (Å²) >= 11 is 7.54. The van der Waals surface area contributed by atoms with Crippen LogP contribution in [-0.4, -0.2) is 33.0 Å². The molecule has 3 aromatic rings. The number of rotatable bonds is 6. The standard InChI is InChI=1S/C18H17ClN4O3S/c1-9-7-13-14(22-18(19)23-16(13)27-9)20-8-11-3-5-12(6-4-11)15(24)21-10(2)17(25)26/h3-7,10H,8H2,1-2H3,(H,21,24)(H,25,26)(H,20,22,23). The van der Waals surface area contributed by atoms with Gasteiger partial charge in [-0.2, -0.15) is 0 Å². The molecule has 0 saturated carbocycles. The summed E-state index contributed by atoms with van der Waals surface area (Å²) < 4.78 is 0. The van der Waals surface area contributed by atoms with Crippen LogP contribution in [0.15, 0.2) is 30.3 Å². The minimum atomic E-state index is -1.08. The number of amides is 1. The van der Waals surface area contributed by atoms with Crippen LogP contribution >= 0.6 is 22.9 Å². The Morgan fingerprint density at radius 1 is 1.26 bits per heavy atom. The van der Waals surface area contributed by atoms with Gasteiger partial charge in [-0.05, 0) is 49.2 Å². The summed E-state index contributed by atoms with van der Waals surface area (Å²) in [4.78, 5) is 33.3. The highest BCUT2D eigenvalue weighted by Gasteiger charge is 2.15. The van der Waals surface area contributed by atoms with Crippen LogP contribution < -0.4 is 10.6 Å². The van der Waals surface area contributed by atoms with Crippen LogP contribution in [-0.2, 0) is 11.3 Å². The molecule has 27 heavy (non-hydrogen) atoms.